The Morgan fingerprint density at radius 1 is 0.222 bits per heavy atom. The van der Waals surface area contributed by atoms with Crippen molar-refractivity contribution in [2.24, 2.45) is 0 Å². The molecule has 0 spiro atoms. The van der Waals surface area contributed by atoms with Crippen LogP contribution >= 0.6 is 0 Å². The van der Waals surface area contributed by atoms with Crippen molar-refractivity contribution in [1.82, 2.24) is 0 Å². The summed E-state index contributed by atoms with van der Waals surface area (Å²) in [5.41, 5.74) is 10.9. The maximum atomic E-state index is 6.51. The van der Waals surface area contributed by atoms with E-state index in [9.17, 15) is 0 Å². The Kier molecular flexibility index (Phi) is 6.09. The van der Waals surface area contributed by atoms with Crippen LogP contribution < -0.4 is 0 Å². The number of para-hydroxylation sites is 1. The van der Waals surface area contributed by atoms with Gasteiger partial charge >= 0.3 is 0 Å². The smallest absolute Gasteiger partial charge is 0.136 e. The number of furan rings is 2. The molecule has 54 heavy (non-hydrogen) atoms. The molecule has 10 aromatic carbocycles. The first kappa shape index (κ1) is 29.4. The van der Waals surface area contributed by atoms with Crippen LogP contribution in [0.4, 0.5) is 0 Å². The molecule has 12 aromatic rings. The minimum absolute atomic E-state index is 0.873. The Labute approximate surface area is 310 Å². The first-order valence-electron chi connectivity index (χ1n) is 18.5. The third kappa shape index (κ3) is 4.34. The largest absolute Gasteiger partial charge is 0.456 e. The van der Waals surface area contributed by atoms with Gasteiger partial charge in [0.2, 0.25) is 0 Å². The van der Waals surface area contributed by atoms with Gasteiger partial charge in [-0.3, -0.25) is 0 Å². The van der Waals surface area contributed by atoms with Crippen molar-refractivity contribution in [2.75, 3.05) is 0 Å². The minimum atomic E-state index is 0.873. The van der Waals surface area contributed by atoms with Crippen LogP contribution in [0.2, 0.25) is 0 Å². The molecule has 250 valence electrons. The maximum absolute atomic E-state index is 6.51. The Morgan fingerprint density at radius 2 is 0.685 bits per heavy atom. The van der Waals surface area contributed by atoms with Gasteiger partial charge in [0.05, 0.1) is 0 Å². The van der Waals surface area contributed by atoms with E-state index in [0.717, 1.165) is 49.3 Å². The normalized spacial score (nSPS) is 12.1. The van der Waals surface area contributed by atoms with Crippen LogP contribution in [0, 0.1) is 0 Å². The van der Waals surface area contributed by atoms with Crippen molar-refractivity contribution in [2.45, 2.75) is 0 Å². The highest BCUT2D eigenvalue weighted by Gasteiger charge is 2.18. The van der Waals surface area contributed by atoms with Crippen molar-refractivity contribution in [3.63, 3.8) is 0 Å². The molecule has 0 aliphatic carbocycles. The average Bonchev–Trinajstić information content (AvgIpc) is 3.77. The highest BCUT2D eigenvalue weighted by Crippen LogP contribution is 2.45. The zero-order valence-electron chi connectivity index (χ0n) is 29.1. The Balaban J connectivity index is 1.00. The molecule has 0 saturated heterocycles. The molecule has 0 bridgehead atoms. The van der Waals surface area contributed by atoms with E-state index in [1.165, 1.54) is 71.1 Å². The van der Waals surface area contributed by atoms with E-state index < -0.39 is 0 Å². The lowest BCUT2D eigenvalue weighted by atomic mass is 9.85. The number of benzene rings is 10. The monoisotopic (exact) mass is 686 g/mol. The third-order valence-corrected chi connectivity index (χ3v) is 11.4. The van der Waals surface area contributed by atoms with Crippen molar-refractivity contribution >= 4 is 87.0 Å². The first-order chi connectivity index (χ1) is 26.7. The molecule has 0 aliphatic heterocycles. The highest BCUT2D eigenvalue weighted by atomic mass is 16.3. The van der Waals surface area contributed by atoms with Crippen LogP contribution in [0.1, 0.15) is 0 Å². The van der Waals surface area contributed by atoms with E-state index >= 15 is 0 Å². The Hall–Kier alpha value is -7.16. The Morgan fingerprint density at radius 3 is 1.43 bits per heavy atom. The van der Waals surface area contributed by atoms with Crippen molar-refractivity contribution in [3.05, 3.63) is 182 Å². The topological polar surface area (TPSA) is 26.3 Å². The molecular formula is C52H30O2. The molecule has 0 unspecified atom stereocenters. The van der Waals surface area contributed by atoms with E-state index in [1.807, 2.05) is 18.2 Å². The standard InChI is InChI=1S/C52H30O2/c1-2-11-32-24-37(23-20-31(32)10-1)52-42-17-5-3-15-40(42)51(41-16-4-6-18-43(41)52)36-13-9-12-33(25-36)34-21-22-35-27-44-46-30-49-45(39-14-7-8-19-47(39)53-49)29-50(46)54-48(44)28-38(35)26-34/h1-30H. The van der Waals surface area contributed by atoms with E-state index in [0.29, 0.717) is 0 Å². The van der Waals surface area contributed by atoms with Crippen LogP contribution in [0.3, 0.4) is 0 Å². The van der Waals surface area contributed by atoms with Crippen molar-refractivity contribution in [3.8, 4) is 33.4 Å². The molecule has 12 rings (SSSR count). The van der Waals surface area contributed by atoms with Crippen LogP contribution in [0.5, 0.6) is 0 Å². The molecule has 0 atom stereocenters. The summed E-state index contributed by atoms with van der Waals surface area (Å²) in [5.74, 6) is 0. The van der Waals surface area contributed by atoms with Gasteiger partial charge in [0, 0.05) is 21.5 Å². The average molecular weight is 687 g/mol. The summed E-state index contributed by atoms with van der Waals surface area (Å²) < 4.78 is 12.7. The molecule has 0 aliphatic rings. The molecule has 0 saturated carbocycles. The van der Waals surface area contributed by atoms with E-state index in [4.69, 9.17) is 8.83 Å². The van der Waals surface area contributed by atoms with Crippen LogP contribution in [-0.4, -0.2) is 0 Å². The van der Waals surface area contributed by atoms with Gasteiger partial charge in [-0.25, -0.2) is 0 Å². The van der Waals surface area contributed by atoms with Gasteiger partial charge in [-0.05, 0) is 125 Å². The van der Waals surface area contributed by atoms with Crippen LogP contribution in [0.15, 0.2) is 191 Å². The van der Waals surface area contributed by atoms with Crippen molar-refractivity contribution in [1.29, 1.82) is 0 Å². The van der Waals surface area contributed by atoms with E-state index in [-0.39, 0.29) is 0 Å². The third-order valence-electron chi connectivity index (χ3n) is 11.4. The molecule has 2 heterocycles. The van der Waals surface area contributed by atoms with Gasteiger partial charge < -0.3 is 8.83 Å². The minimum Gasteiger partial charge on any atom is -0.456 e. The lowest BCUT2D eigenvalue weighted by Gasteiger charge is -2.18. The summed E-state index contributed by atoms with van der Waals surface area (Å²) in [4.78, 5) is 0. The fraction of sp³-hybridized carbons (Fsp3) is 0. The molecular weight excluding hydrogens is 657 g/mol. The summed E-state index contributed by atoms with van der Waals surface area (Å²) in [6.45, 7) is 0. The van der Waals surface area contributed by atoms with Crippen LogP contribution in [-0.2, 0) is 0 Å². The summed E-state index contributed by atoms with van der Waals surface area (Å²) in [7, 11) is 0. The van der Waals surface area contributed by atoms with Crippen molar-refractivity contribution < 1.29 is 8.83 Å². The molecule has 2 heteroatoms. The number of hydrogen-bond donors (Lipinski definition) is 0. The van der Waals surface area contributed by atoms with E-state index in [2.05, 4.69) is 164 Å². The zero-order valence-corrected chi connectivity index (χ0v) is 29.1. The number of hydrogen-bond acceptors (Lipinski definition) is 2. The van der Waals surface area contributed by atoms with E-state index in [1.54, 1.807) is 0 Å². The fourth-order valence-corrected chi connectivity index (χ4v) is 8.87. The lowest BCUT2D eigenvalue weighted by Crippen LogP contribution is -1.91. The van der Waals surface area contributed by atoms with Gasteiger partial charge in [-0.15, -0.1) is 0 Å². The van der Waals surface area contributed by atoms with Gasteiger partial charge in [0.15, 0.2) is 0 Å². The molecule has 2 nitrogen and oxygen atoms in total. The highest BCUT2D eigenvalue weighted by molar-refractivity contribution is 6.22. The van der Waals surface area contributed by atoms with Gasteiger partial charge in [0.1, 0.15) is 22.3 Å². The summed E-state index contributed by atoms with van der Waals surface area (Å²) in [6.07, 6.45) is 0. The van der Waals surface area contributed by atoms with Gasteiger partial charge in [-0.2, -0.15) is 0 Å². The lowest BCUT2D eigenvalue weighted by molar-refractivity contribution is 0.664. The molecule has 0 amide bonds. The van der Waals surface area contributed by atoms with Gasteiger partial charge in [-0.1, -0.05) is 133 Å². The molecule has 2 aromatic heterocycles. The quantitative estimate of drug-likeness (QED) is 0.173. The summed E-state index contributed by atoms with van der Waals surface area (Å²) in [6, 6.07) is 65.9. The Bertz CT molecular complexity index is 3450. The number of fused-ring (bicyclic) bond motifs is 10. The summed E-state index contributed by atoms with van der Waals surface area (Å²) >= 11 is 0. The van der Waals surface area contributed by atoms with Gasteiger partial charge in [0.25, 0.3) is 0 Å². The first-order valence-corrected chi connectivity index (χ1v) is 18.5. The fourth-order valence-electron chi connectivity index (χ4n) is 8.87. The number of rotatable bonds is 3. The zero-order chi connectivity index (χ0) is 35.3. The SMILES string of the molecule is c1cc(-c2ccc3cc4c(cc3c2)oc2cc3c(cc24)oc2ccccc23)cc(-c2c3ccccc3c(-c3ccc4ccccc4c3)c3ccccc23)c1. The maximum Gasteiger partial charge on any atom is 0.136 e. The molecule has 0 radical (unpaired) electrons. The second-order valence-corrected chi connectivity index (χ2v) is 14.4. The molecule has 0 N–H and O–H groups in total. The second kappa shape index (κ2) is 11.2. The predicted molar refractivity (Wildman–Crippen MR) is 227 cm³/mol. The second-order valence-electron chi connectivity index (χ2n) is 14.4. The predicted octanol–water partition coefficient (Wildman–Crippen LogP) is 15.1. The summed E-state index contributed by atoms with van der Waals surface area (Å²) in [5, 5.41) is 14.2. The molecule has 0 fully saturated rings. The van der Waals surface area contributed by atoms with Crippen LogP contribution in [0.25, 0.3) is 120 Å².